The Morgan fingerprint density at radius 2 is 1.67 bits per heavy atom. The van der Waals surface area contributed by atoms with Gasteiger partial charge in [0.2, 0.25) is 0 Å². The Morgan fingerprint density at radius 3 is 2.44 bits per heavy atom. The second-order valence-corrected chi connectivity index (χ2v) is 8.11. The molecular weight excluding hydrogens is 354 g/mol. The first-order valence-corrected chi connectivity index (χ1v) is 10.3. The largest absolute Gasteiger partial charge is 0.343 e. The Bertz CT molecular complexity index is 876. The summed E-state index contributed by atoms with van der Waals surface area (Å²) in [6, 6.07) is 17.0. The highest BCUT2D eigenvalue weighted by Gasteiger charge is 2.14. The molecule has 0 spiro atoms. The van der Waals surface area contributed by atoms with E-state index in [1.54, 1.807) is 0 Å². The lowest BCUT2D eigenvalue weighted by atomic mass is 10.1. The van der Waals surface area contributed by atoms with Crippen LogP contribution in [-0.2, 0) is 13.0 Å². The maximum atomic E-state index is 6.03. The minimum Gasteiger partial charge on any atom is -0.343 e. The van der Waals surface area contributed by atoms with Crippen LogP contribution in [0.3, 0.4) is 0 Å². The smallest absolute Gasteiger partial charge is 0.0486 e. The van der Waals surface area contributed by atoms with E-state index >= 15 is 0 Å². The molecule has 0 atom stereocenters. The summed E-state index contributed by atoms with van der Waals surface area (Å²) in [5.41, 5.74) is 4.07. The molecule has 0 radical (unpaired) electrons. The number of aromatic nitrogens is 1. The number of rotatable bonds is 6. The summed E-state index contributed by atoms with van der Waals surface area (Å²) in [7, 11) is 2.22. The van der Waals surface area contributed by atoms with Gasteiger partial charge in [-0.15, -0.1) is 0 Å². The second kappa shape index (κ2) is 8.47. The first-order chi connectivity index (χ1) is 13.2. The van der Waals surface area contributed by atoms with Crippen LogP contribution in [0.15, 0.2) is 54.7 Å². The third kappa shape index (κ3) is 4.55. The molecule has 27 heavy (non-hydrogen) atoms. The maximum absolute atomic E-state index is 6.03. The monoisotopic (exact) mass is 381 g/mol. The number of aryl methyl sites for hydroxylation is 1. The molecule has 0 bridgehead atoms. The Kier molecular flexibility index (Phi) is 5.82. The van der Waals surface area contributed by atoms with Gasteiger partial charge < -0.3 is 14.4 Å². The van der Waals surface area contributed by atoms with E-state index in [4.69, 9.17) is 11.6 Å². The molecule has 142 valence electrons. The lowest BCUT2D eigenvalue weighted by Crippen LogP contribution is -2.44. The highest BCUT2D eigenvalue weighted by molar-refractivity contribution is 6.30. The van der Waals surface area contributed by atoms with E-state index in [1.165, 1.54) is 61.2 Å². The van der Waals surface area contributed by atoms with Gasteiger partial charge in [-0.25, -0.2) is 0 Å². The molecule has 0 N–H and O–H groups in total. The Morgan fingerprint density at radius 1 is 0.926 bits per heavy atom. The van der Waals surface area contributed by atoms with E-state index in [2.05, 4.69) is 64.0 Å². The molecule has 2 aromatic carbocycles. The van der Waals surface area contributed by atoms with Crippen molar-refractivity contribution in [3.05, 3.63) is 70.9 Å². The molecule has 2 heterocycles. The molecule has 0 amide bonds. The predicted molar refractivity (Wildman–Crippen MR) is 115 cm³/mol. The minimum absolute atomic E-state index is 0.792. The fourth-order valence-corrected chi connectivity index (χ4v) is 4.13. The number of fused-ring (bicyclic) bond motifs is 1. The van der Waals surface area contributed by atoms with Crippen LogP contribution in [0.1, 0.15) is 17.5 Å². The summed E-state index contributed by atoms with van der Waals surface area (Å²) in [5.74, 6) is 0. The highest BCUT2D eigenvalue weighted by Crippen LogP contribution is 2.24. The first kappa shape index (κ1) is 18.5. The Balaban J connectivity index is 1.45. The Labute approximate surface area is 167 Å². The zero-order valence-corrected chi connectivity index (χ0v) is 16.8. The number of likely N-dealkylation sites (N-methyl/N-ethyl adjacent to an activating group) is 1. The summed E-state index contributed by atoms with van der Waals surface area (Å²) in [4.78, 5) is 5.02. The Hall–Kier alpha value is -1.81. The molecule has 1 saturated heterocycles. The molecule has 0 unspecified atom stereocenters. The van der Waals surface area contributed by atoms with Crippen molar-refractivity contribution in [3.8, 4) is 0 Å². The van der Waals surface area contributed by atoms with Gasteiger partial charge >= 0.3 is 0 Å². The lowest BCUT2D eigenvalue weighted by molar-refractivity contribution is 0.153. The van der Waals surface area contributed by atoms with Crippen LogP contribution < -0.4 is 0 Å². The number of halogens is 1. The number of piperazine rings is 1. The van der Waals surface area contributed by atoms with Crippen molar-refractivity contribution in [2.75, 3.05) is 39.8 Å². The van der Waals surface area contributed by atoms with Gasteiger partial charge in [-0.05, 0) is 55.8 Å². The van der Waals surface area contributed by atoms with Crippen LogP contribution in [-0.4, -0.2) is 54.1 Å². The van der Waals surface area contributed by atoms with Crippen LogP contribution in [0, 0.1) is 0 Å². The third-order valence-corrected chi connectivity index (χ3v) is 5.91. The molecule has 0 saturated carbocycles. The number of hydrogen-bond donors (Lipinski definition) is 0. The third-order valence-electron chi connectivity index (χ3n) is 5.65. The summed E-state index contributed by atoms with van der Waals surface area (Å²) in [5, 5.41) is 2.19. The molecule has 1 aliphatic rings. The average Bonchev–Trinajstić information content (AvgIpc) is 3.03. The van der Waals surface area contributed by atoms with Crippen molar-refractivity contribution in [3.63, 3.8) is 0 Å². The van der Waals surface area contributed by atoms with Crippen LogP contribution in [0.2, 0.25) is 5.02 Å². The minimum atomic E-state index is 0.792. The summed E-state index contributed by atoms with van der Waals surface area (Å²) in [6.07, 6.45) is 4.71. The van der Waals surface area contributed by atoms with Crippen molar-refractivity contribution in [2.45, 2.75) is 19.4 Å². The molecule has 3 aromatic rings. The van der Waals surface area contributed by atoms with Crippen LogP contribution in [0.4, 0.5) is 0 Å². The van der Waals surface area contributed by atoms with E-state index in [0.29, 0.717) is 0 Å². The standard InChI is InChI=1S/C23H28ClN3/c1-25-13-15-26(16-14-25)12-4-5-20-18-27(23-7-3-2-6-22(20)23)17-19-8-10-21(24)11-9-19/h2-3,6-11,18H,4-5,12-17H2,1H3. The molecule has 4 heteroatoms. The van der Waals surface area contributed by atoms with Crippen molar-refractivity contribution in [1.82, 2.24) is 14.4 Å². The van der Waals surface area contributed by atoms with E-state index in [0.717, 1.165) is 18.0 Å². The molecule has 3 nitrogen and oxygen atoms in total. The lowest BCUT2D eigenvalue weighted by Gasteiger charge is -2.32. The van der Waals surface area contributed by atoms with Crippen LogP contribution >= 0.6 is 11.6 Å². The van der Waals surface area contributed by atoms with E-state index in [-0.39, 0.29) is 0 Å². The summed E-state index contributed by atoms with van der Waals surface area (Å²) in [6.45, 7) is 6.88. The molecule has 4 rings (SSSR count). The maximum Gasteiger partial charge on any atom is 0.0486 e. The summed E-state index contributed by atoms with van der Waals surface area (Å²) >= 11 is 6.03. The normalized spacial score (nSPS) is 16.2. The van der Waals surface area contributed by atoms with E-state index < -0.39 is 0 Å². The second-order valence-electron chi connectivity index (χ2n) is 7.67. The van der Waals surface area contributed by atoms with Crippen molar-refractivity contribution < 1.29 is 0 Å². The van der Waals surface area contributed by atoms with Gasteiger partial charge in [0.1, 0.15) is 0 Å². The number of para-hydroxylation sites is 1. The molecule has 1 aliphatic heterocycles. The molecule has 1 fully saturated rings. The quantitative estimate of drug-likeness (QED) is 0.621. The van der Waals surface area contributed by atoms with E-state index in [1.807, 2.05) is 12.1 Å². The van der Waals surface area contributed by atoms with Gasteiger partial charge in [0.05, 0.1) is 0 Å². The number of hydrogen-bond acceptors (Lipinski definition) is 2. The van der Waals surface area contributed by atoms with Crippen LogP contribution in [0.5, 0.6) is 0 Å². The SMILES string of the molecule is CN1CCN(CCCc2cn(Cc3ccc(Cl)cc3)c3ccccc23)CC1. The van der Waals surface area contributed by atoms with Gasteiger partial charge in [0, 0.05) is 54.8 Å². The van der Waals surface area contributed by atoms with Gasteiger partial charge in [0.25, 0.3) is 0 Å². The average molecular weight is 382 g/mol. The van der Waals surface area contributed by atoms with E-state index in [9.17, 15) is 0 Å². The number of nitrogens with zero attached hydrogens (tertiary/aromatic N) is 3. The molecule has 1 aromatic heterocycles. The molecular formula is C23H28ClN3. The fraction of sp³-hybridized carbons (Fsp3) is 0.391. The molecule has 0 aliphatic carbocycles. The summed E-state index contributed by atoms with van der Waals surface area (Å²) < 4.78 is 2.38. The zero-order valence-electron chi connectivity index (χ0n) is 16.1. The van der Waals surface area contributed by atoms with Gasteiger partial charge in [-0.2, -0.15) is 0 Å². The van der Waals surface area contributed by atoms with Gasteiger partial charge in [-0.3, -0.25) is 0 Å². The van der Waals surface area contributed by atoms with Gasteiger partial charge in [-0.1, -0.05) is 41.9 Å². The van der Waals surface area contributed by atoms with Crippen molar-refractivity contribution >= 4 is 22.5 Å². The topological polar surface area (TPSA) is 11.4 Å². The van der Waals surface area contributed by atoms with Crippen molar-refractivity contribution in [2.24, 2.45) is 0 Å². The highest BCUT2D eigenvalue weighted by atomic mass is 35.5. The van der Waals surface area contributed by atoms with Crippen molar-refractivity contribution in [1.29, 1.82) is 0 Å². The van der Waals surface area contributed by atoms with Gasteiger partial charge in [0.15, 0.2) is 0 Å². The number of benzene rings is 2. The van der Waals surface area contributed by atoms with Crippen LogP contribution in [0.25, 0.3) is 10.9 Å². The predicted octanol–water partition coefficient (Wildman–Crippen LogP) is 4.52. The fourth-order valence-electron chi connectivity index (χ4n) is 4.00. The first-order valence-electron chi connectivity index (χ1n) is 9.91. The zero-order chi connectivity index (χ0) is 18.6.